The van der Waals surface area contributed by atoms with E-state index in [9.17, 15) is 8.42 Å². The highest BCUT2D eigenvalue weighted by Gasteiger charge is 2.20. The highest BCUT2D eigenvalue weighted by molar-refractivity contribution is 7.89. The van der Waals surface area contributed by atoms with Crippen LogP contribution in [0.5, 0.6) is 0 Å². The van der Waals surface area contributed by atoms with Gasteiger partial charge in [0.15, 0.2) is 5.96 Å². The first kappa shape index (κ1) is 20.9. The molecule has 0 aliphatic heterocycles. The number of nitrogens with zero attached hydrogens (tertiary/aromatic N) is 2. The van der Waals surface area contributed by atoms with Crippen molar-refractivity contribution in [3.8, 4) is 0 Å². The minimum Gasteiger partial charge on any atom is -0.356 e. The zero-order valence-electron chi connectivity index (χ0n) is 16.1. The molecule has 146 valence electrons. The van der Waals surface area contributed by atoms with Crippen LogP contribution in [0.2, 0.25) is 0 Å². The van der Waals surface area contributed by atoms with E-state index in [2.05, 4.69) is 27.8 Å². The van der Waals surface area contributed by atoms with Crippen molar-refractivity contribution in [3.05, 3.63) is 65.7 Å². The molecule has 0 saturated carbocycles. The number of hydrogen-bond donors (Lipinski definition) is 2. The van der Waals surface area contributed by atoms with Gasteiger partial charge in [-0.3, -0.25) is 4.99 Å². The quantitative estimate of drug-likeness (QED) is 0.413. The molecule has 0 unspecified atom stereocenters. The number of sulfonamides is 1. The number of nitrogens with one attached hydrogen (secondary N) is 2. The molecule has 27 heavy (non-hydrogen) atoms. The van der Waals surface area contributed by atoms with Gasteiger partial charge in [-0.15, -0.1) is 0 Å². The minimum absolute atomic E-state index is 0.307. The Kier molecular flexibility index (Phi) is 7.82. The third-order valence-corrected chi connectivity index (χ3v) is 6.09. The van der Waals surface area contributed by atoms with Gasteiger partial charge in [0.2, 0.25) is 10.0 Å². The average molecular weight is 389 g/mol. The predicted octanol–water partition coefficient (Wildman–Crippen LogP) is 2.23. The van der Waals surface area contributed by atoms with Crippen molar-refractivity contribution < 1.29 is 8.42 Å². The fraction of sp³-hybridized carbons (Fsp3) is 0.350. The lowest BCUT2D eigenvalue weighted by Gasteiger charge is -2.17. The number of benzene rings is 2. The van der Waals surface area contributed by atoms with Crippen molar-refractivity contribution >= 4 is 16.0 Å². The Morgan fingerprint density at radius 2 is 1.67 bits per heavy atom. The molecule has 0 aromatic heterocycles. The smallest absolute Gasteiger partial charge is 0.242 e. The Bertz CT molecular complexity index is 849. The van der Waals surface area contributed by atoms with Crippen LogP contribution in [0.15, 0.2) is 64.5 Å². The summed E-state index contributed by atoms with van der Waals surface area (Å²) in [5.41, 5.74) is 2.02. The maximum absolute atomic E-state index is 12.5. The summed E-state index contributed by atoms with van der Waals surface area (Å²) in [5, 5.41) is 6.46. The molecule has 2 rings (SSSR count). The standard InChI is InChI=1S/C20H28N4O2S/c1-21-20(22-15-9-12-17-10-5-4-6-11-17)23-16-18-13-7-8-14-19(18)27(25,26)24(2)3/h4-8,10-11,13-14H,9,12,15-16H2,1-3H3,(H2,21,22,23). The zero-order valence-corrected chi connectivity index (χ0v) is 17.0. The van der Waals surface area contributed by atoms with E-state index in [-0.39, 0.29) is 0 Å². The van der Waals surface area contributed by atoms with Crippen molar-refractivity contribution in [2.45, 2.75) is 24.3 Å². The van der Waals surface area contributed by atoms with E-state index >= 15 is 0 Å². The van der Waals surface area contributed by atoms with Crippen molar-refractivity contribution in [2.75, 3.05) is 27.7 Å². The van der Waals surface area contributed by atoms with Crippen LogP contribution in [-0.4, -0.2) is 46.4 Å². The van der Waals surface area contributed by atoms with Gasteiger partial charge < -0.3 is 10.6 Å². The Hall–Kier alpha value is -2.38. The number of aryl methyl sites for hydroxylation is 1. The van der Waals surface area contributed by atoms with Crippen LogP contribution in [-0.2, 0) is 23.0 Å². The summed E-state index contributed by atoms with van der Waals surface area (Å²) in [7, 11) is 1.29. The minimum atomic E-state index is -3.48. The van der Waals surface area contributed by atoms with Crippen LogP contribution in [0.4, 0.5) is 0 Å². The van der Waals surface area contributed by atoms with Crippen molar-refractivity contribution in [2.24, 2.45) is 4.99 Å². The SMILES string of the molecule is CN=C(NCCCc1ccccc1)NCc1ccccc1S(=O)(=O)N(C)C. The molecule has 0 amide bonds. The molecule has 6 nitrogen and oxygen atoms in total. The zero-order chi connectivity index (χ0) is 19.7. The van der Waals surface area contributed by atoms with Crippen LogP contribution in [0, 0.1) is 0 Å². The van der Waals surface area contributed by atoms with Crippen molar-refractivity contribution in [1.82, 2.24) is 14.9 Å². The van der Waals surface area contributed by atoms with Crippen molar-refractivity contribution in [1.29, 1.82) is 0 Å². The normalized spacial score (nSPS) is 12.2. The van der Waals surface area contributed by atoms with E-state index in [4.69, 9.17) is 0 Å². The van der Waals surface area contributed by atoms with Crippen LogP contribution < -0.4 is 10.6 Å². The first-order valence-corrected chi connectivity index (χ1v) is 10.4. The van der Waals surface area contributed by atoms with Crippen LogP contribution in [0.3, 0.4) is 0 Å². The molecule has 0 spiro atoms. The third-order valence-electron chi connectivity index (χ3n) is 4.18. The molecule has 0 bridgehead atoms. The Balaban J connectivity index is 1.89. The van der Waals surface area contributed by atoms with E-state index in [1.807, 2.05) is 30.3 Å². The maximum Gasteiger partial charge on any atom is 0.242 e. The van der Waals surface area contributed by atoms with Gasteiger partial charge >= 0.3 is 0 Å². The Labute approximate surface area is 162 Å². The van der Waals surface area contributed by atoms with E-state index in [0.717, 1.165) is 19.4 Å². The monoisotopic (exact) mass is 388 g/mol. The molecule has 2 N–H and O–H groups in total. The predicted molar refractivity (Wildman–Crippen MR) is 110 cm³/mol. The molecular weight excluding hydrogens is 360 g/mol. The number of hydrogen-bond acceptors (Lipinski definition) is 3. The average Bonchev–Trinajstić information content (AvgIpc) is 2.68. The summed E-state index contributed by atoms with van der Waals surface area (Å²) >= 11 is 0. The van der Waals surface area contributed by atoms with Gasteiger partial charge in [0.25, 0.3) is 0 Å². The summed E-state index contributed by atoms with van der Waals surface area (Å²) < 4.78 is 26.2. The van der Waals surface area contributed by atoms with Gasteiger partial charge in [-0.25, -0.2) is 12.7 Å². The van der Waals surface area contributed by atoms with Gasteiger partial charge in [0.1, 0.15) is 0 Å². The van der Waals surface area contributed by atoms with E-state index in [0.29, 0.717) is 23.0 Å². The van der Waals surface area contributed by atoms with Gasteiger partial charge in [-0.1, -0.05) is 48.5 Å². The maximum atomic E-state index is 12.5. The molecule has 0 atom stereocenters. The number of aliphatic imine (C=N–C) groups is 1. The second-order valence-electron chi connectivity index (χ2n) is 6.34. The highest BCUT2D eigenvalue weighted by Crippen LogP contribution is 2.18. The highest BCUT2D eigenvalue weighted by atomic mass is 32.2. The summed E-state index contributed by atoms with van der Waals surface area (Å²) in [6, 6.07) is 17.4. The second kappa shape index (κ2) is 10.1. The second-order valence-corrected chi connectivity index (χ2v) is 8.46. The number of guanidine groups is 1. The van der Waals surface area contributed by atoms with Gasteiger partial charge in [0, 0.05) is 34.2 Å². The first-order chi connectivity index (χ1) is 12.9. The van der Waals surface area contributed by atoms with Gasteiger partial charge in [-0.05, 0) is 30.0 Å². The molecule has 7 heteroatoms. The summed E-state index contributed by atoms with van der Waals surface area (Å²) in [6.07, 6.45) is 1.98. The summed E-state index contributed by atoms with van der Waals surface area (Å²) in [6.45, 7) is 1.16. The molecule has 0 radical (unpaired) electrons. The molecule has 2 aromatic carbocycles. The first-order valence-electron chi connectivity index (χ1n) is 8.94. The lowest BCUT2D eigenvalue weighted by molar-refractivity contribution is 0.519. The van der Waals surface area contributed by atoms with Gasteiger partial charge in [0.05, 0.1) is 4.90 Å². The molecule has 0 saturated heterocycles. The van der Waals surface area contributed by atoms with Crippen LogP contribution in [0.25, 0.3) is 0 Å². The summed E-state index contributed by atoms with van der Waals surface area (Å²) in [5.74, 6) is 0.653. The third kappa shape index (κ3) is 6.08. The molecule has 0 aliphatic rings. The Morgan fingerprint density at radius 1 is 1.00 bits per heavy atom. The largest absolute Gasteiger partial charge is 0.356 e. The molecule has 0 aliphatic carbocycles. The van der Waals surface area contributed by atoms with Crippen molar-refractivity contribution in [3.63, 3.8) is 0 Å². The molecule has 0 heterocycles. The van der Waals surface area contributed by atoms with Crippen LogP contribution >= 0.6 is 0 Å². The van der Waals surface area contributed by atoms with E-state index < -0.39 is 10.0 Å². The van der Waals surface area contributed by atoms with Gasteiger partial charge in [-0.2, -0.15) is 0 Å². The lowest BCUT2D eigenvalue weighted by atomic mass is 10.1. The topological polar surface area (TPSA) is 73.8 Å². The van der Waals surface area contributed by atoms with E-state index in [1.54, 1.807) is 19.2 Å². The fourth-order valence-corrected chi connectivity index (χ4v) is 3.76. The fourth-order valence-electron chi connectivity index (χ4n) is 2.64. The van der Waals surface area contributed by atoms with E-state index in [1.165, 1.54) is 24.0 Å². The lowest BCUT2D eigenvalue weighted by Crippen LogP contribution is -2.37. The molecular formula is C20H28N4O2S. The summed E-state index contributed by atoms with van der Waals surface area (Å²) in [4.78, 5) is 4.52. The molecule has 0 fully saturated rings. The Morgan fingerprint density at radius 3 is 2.33 bits per heavy atom. The van der Waals surface area contributed by atoms with Crippen LogP contribution in [0.1, 0.15) is 17.5 Å². The number of rotatable bonds is 8. The molecule has 2 aromatic rings.